The molecular weight excluding hydrogens is 390 g/mol. The molecular formula is C21H23N3O2S2. The lowest BCUT2D eigenvalue weighted by Crippen LogP contribution is -2.23. The maximum atomic E-state index is 12.7. The van der Waals surface area contributed by atoms with Crippen molar-refractivity contribution < 1.29 is 4.79 Å². The predicted molar refractivity (Wildman–Crippen MR) is 117 cm³/mol. The third-order valence-corrected chi connectivity index (χ3v) is 7.22. The van der Waals surface area contributed by atoms with Crippen LogP contribution in [0, 0.1) is 12.8 Å². The van der Waals surface area contributed by atoms with Crippen LogP contribution in [0.3, 0.4) is 0 Å². The van der Waals surface area contributed by atoms with E-state index in [1.165, 1.54) is 22.2 Å². The molecule has 0 aliphatic heterocycles. The first kappa shape index (κ1) is 19.2. The average molecular weight is 414 g/mol. The number of aryl methyl sites for hydroxylation is 2. The van der Waals surface area contributed by atoms with Gasteiger partial charge in [-0.05, 0) is 62.3 Å². The topological polar surface area (TPSA) is 74.8 Å². The lowest BCUT2D eigenvalue weighted by Gasteiger charge is -2.17. The summed E-state index contributed by atoms with van der Waals surface area (Å²) < 4.78 is 0. The zero-order chi connectivity index (χ0) is 19.8. The molecule has 0 saturated carbocycles. The van der Waals surface area contributed by atoms with Gasteiger partial charge in [-0.3, -0.25) is 9.59 Å². The van der Waals surface area contributed by atoms with Crippen LogP contribution in [0.25, 0.3) is 10.2 Å². The Labute approximate surface area is 172 Å². The summed E-state index contributed by atoms with van der Waals surface area (Å²) in [7, 11) is 0. The highest BCUT2D eigenvalue weighted by molar-refractivity contribution is 8.00. The SMILES string of the molecule is Cc1cccc(NC(=O)[C@H](C)Sc2nc3sc4c(c3c(=O)[nH]2)CC[C@@H](C)C4)c1. The van der Waals surface area contributed by atoms with Gasteiger partial charge in [0.1, 0.15) is 4.83 Å². The summed E-state index contributed by atoms with van der Waals surface area (Å²) in [5, 5.41) is 3.78. The van der Waals surface area contributed by atoms with Crippen LogP contribution in [0.1, 0.15) is 36.3 Å². The molecule has 0 bridgehead atoms. The minimum absolute atomic E-state index is 0.0918. The molecule has 4 rings (SSSR count). The summed E-state index contributed by atoms with van der Waals surface area (Å²) in [6.07, 6.45) is 3.08. The highest BCUT2D eigenvalue weighted by atomic mass is 32.2. The standard InChI is InChI=1S/C21H23N3O2S2/c1-11-5-4-6-14(9-11)22-18(25)13(3)27-21-23-19(26)17-15-8-7-12(2)10-16(15)28-20(17)24-21/h4-6,9,12-13H,7-8,10H2,1-3H3,(H,22,25)(H,23,24,26)/t12-,13+/m1/s1. The number of hydrogen-bond donors (Lipinski definition) is 2. The fourth-order valence-corrected chi connectivity index (χ4v) is 5.81. The number of nitrogens with zero attached hydrogens (tertiary/aromatic N) is 1. The van der Waals surface area contributed by atoms with Crippen molar-refractivity contribution in [3.63, 3.8) is 0 Å². The van der Waals surface area contributed by atoms with Gasteiger partial charge in [0.05, 0.1) is 10.6 Å². The Morgan fingerprint density at radius 3 is 3.04 bits per heavy atom. The molecule has 0 radical (unpaired) electrons. The van der Waals surface area contributed by atoms with E-state index in [1.54, 1.807) is 11.3 Å². The van der Waals surface area contributed by atoms with E-state index in [0.29, 0.717) is 11.1 Å². The number of carbonyl (C=O) groups is 1. The number of anilines is 1. The highest BCUT2D eigenvalue weighted by Gasteiger charge is 2.24. The molecule has 2 N–H and O–H groups in total. The second kappa shape index (κ2) is 7.72. The minimum Gasteiger partial charge on any atom is -0.325 e. The molecule has 1 aliphatic rings. The van der Waals surface area contributed by atoms with Crippen LogP contribution < -0.4 is 10.9 Å². The van der Waals surface area contributed by atoms with Gasteiger partial charge in [0.2, 0.25) is 5.91 Å². The number of benzene rings is 1. The average Bonchev–Trinajstić information content (AvgIpc) is 2.99. The molecule has 0 spiro atoms. The first-order valence-corrected chi connectivity index (χ1v) is 11.2. The summed E-state index contributed by atoms with van der Waals surface area (Å²) in [5.74, 6) is 0.538. The Hall–Kier alpha value is -2.12. The van der Waals surface area contributed by atoms with E-state index < -0.39 is 0 Å². The summed E-state index contributed by atoms with van der Waals surface area (Å²) in [6.45, 7) is 6.06. The van der Waals surface area contributed by atoms with Gasteiger partial charge >= 0.3 is 0 Å². The molecule has 28 heavy (non-hydrogen) atoms. The number of aromatic amines is 1. The molecule has 5 nitrogen and oxygen atoms in total. The number of thioether (sulfide) groups is 1. The fraction of sp³-hybridized carbons (Fsp3) is 0.381. The summed E-state index contributed by atoms with van der Waals surface area (Å²) in [6, 6.07) is 7.69. The Balaban J connectivity index is 1.54. The zero-order valence-electron chi connectivity index (χ0n) is 16.2. The lowest BCUT2D eigenvalue weighted by molar-refractivity contribution is -0.115. The van der Waals surface area contributed by atoms with E-state index in [4.69, 9.17) is 0 Å². The Morgan fingerprint density at radius 2 is 2.25 bits per heavy atom. The second-order valence-electron chi connectivity index (χ2n) is 7.52. The van der Waals surface area contributed by atoms with Crippen molar-refractivity contribution >= 4 is 44.9 Å². The van der Waals surface area contributed by atoms with Gasteiger partial charge in [-0.15, -0.1) is 11.3 Å². The monoisotopic (exact) mass is 413 g/mol. The van der Waals surface area contributed by atoms with Crippen molar-refractivity contribution in [3.8, 4) is 0 Å². The molecule has 3 aromatic rings. The van der Waals surface area contributed by atoms with E-state index in [-0.39, 0.29) is 16.7 Å². The minimum atomic E-state index is -0.379. The van der Waals surface area contributed by atoms with Crippen molar-refractivity contribution in [3.05, 3.63) is 50.6 Å². The van der Waals surface area contributed by atoms with E-state index in [0.717, 1.165) is 40.7 Å². The number of nitrogens with one attached hydrogen (secondary N) is 2. The third kappa shape index (κ3) is 3.86. The van der Waals surface area contributed by atoms with Crippen LogP contribution in [-0.2, 0) is 17.6 Å². The highest BCUT2D eigenvalue weighted by Crippen LogP contribution is 2.36. The number of amides is 1. The molecule has 0 saturated heterocycles. The number of H-pyrrole nitrogens is 1. The zero-order valence-corrected chi connectivity index (χ0v) is 17.8. The lowest BCUT2D eigenvalue weighted by atomic mass is 9.89. The quantitative estimate of drug-likeness (QED) is 0.486. The molecule has 1 aromatic carbocycles. The van der Waals surface area contributed by atoms with Crippen molar-refractivity contribution in [2.45, 2.75) is 50.4 Å². The Morgan fingerprint density at radius 1 is 1.43 bits per heavy atom. The molecule has 1 amide bonds. The smallest absolute Gasteiger partial charge is 0.260 e. The largest absolute Gasteiger partial charge is 0.325 e. The van der Waals surface area contributed by atoms with Gasteiger partial charge in [-0.25, -0.2) is 4.98 Å². The molecule has 7 heteroatoms. The number of fused-ring (bicyclic) bond motifs is 3. The van der Waals surface area contributed by atoms with Crippen LogP contribution in [0.4, 0.5) is 5.69 Å². The molecule has 0 fully saturated rings. The third-order valence-electron chi connectivity index (χ3n) is 5.09. The molecule has 1 aliphatic carbocycles. The number of hydrogen-bond acceptors (Lipinski definition) is 5. The van der Waals surface area contributed by atoms with Gasteiger partial charge in [0.25, 0.3) is 5.56 Å². The van der Waals surface area contributed by atoms with Crippen molar-refractivity contribution in [2.24, 2.45) is 5.92 Å². The van der Waals surface area contributed by atoms with E-state index in [9.17, 15) is 9.59 Å². The first-order valence-electron chi connectivity index (χ1n) is 9.49. The summed E-state index contributed by atoms with van der Waals surface area (Å²) >= 11 is 2.91. The maximum Gasteiger partial charge on any atom is 0.260 e. The second-order valence-corrected chi connectivity index (χ2v) is 9.93. The van der Waals surface area contributed by atoms with Crippen molar-refractivity contribution in [2.75, 3.05) is 5.32 Å². The normalized spacial score (nSPS) is 17.3. The van der Waals surface area contributed by atoms with Crippen molar-refractivity contribution in [1.82, 2.24) is 9.97 Å². The summed E-state index contributed by atoms with van der Waals surface area (Å²) in [4.78, 5) is 34.8. The van der Waals surface area contributed by atoms with Crippen LogP contribution in [0.2, 0.25) is 0 Å². The molecule has 2 heterocycles. The molecule has 0 unspecified atom stereocenters. The number of aromatic nitrogens is 2. The fourth-order valence-electron chi connectivity index (χ4n) is 3.57. The number of thiophene rings is 1. The van der Waals surface area contributed by atoms with Crippen molar-refractivity contribution in [1.29, 1.82) is 0 Å². The van der Waals surface area contributed by atoms with Crippen LogP contribution in [0.5, 0.6) is 0 Å². The predicted octanol–water partition coefficient (Wildman–Crippen LogP) is 4.54. The van der Waals surface area contributed by atoms with Gasteiger partial charge in [0.15, 0.2) is 5.16 Å². The van der Waals surface area contributed by atoms with Crippen LogP contribution in [-0.4, -0.2) is 21.1 Å². The number of carbonyl (C=O) groups excluding carboxylic acids is 1. The van der Waals surface area contributed by atoms with Gasteiger partial charge in [-0.1, -0.05) is 30.8 Å². The van der Waals surface area contributed by atoms with E-state index in [2.05, 4.69) is 22.2 Å². The van der Waals surface area contributed by atoms with Gasteiger partial charge < -0.3 is 10.3 Å². The molecule has 2 atom stereocenters. The summed E-state index contributed by atoms with van der Waals surface area (Å²) in [5.41, 5.74) is 2.94. The first-order chi connectivity index (χ1) is 13.4. The molecule has 2 aromatic heterocycles. The Kier molecular flexibility index (Phi) is 5.29. The maximum absolute atomic E-state index is 12.7. The van der Waals surface area contributed by atoms with E-state index >= 15 is 0 Å². The van der Waals surface area contributed by atoms with Gasteiger partial charge in [-0.2, -0.15) is 0 Å². The van der Waals surface area contributed by atoms with Gasteiger partial charge in [0, 0.05) is 10.6 Å². The molecule has 146 valence electrons. The van der Waals surface area contributed by atoms with E-state index in [1.807, 2.05) is 38.1 Å². The Bertz CT molecular complexity index is 1100. The van der Waals surface area contributed by atoms with Crippen LogP contribution in [0.15, 0.2) is 34.2 Å². The van der Waals surface area contributed by atoms with Crippen LogP contribution >= 0.6 is 23.1 Å². The number of rotatable bonds is 4.